The quantitative estimate of drug-likeness (QED) is 0.691. The van der Waals surface area contributed by atoms with Gasteiger partial charge in [0.2, 0.25) is 15.9 Å². The minimum absolute atomic E-state index is 0.00228. The van der Waals surface area contributed by atoms with Gasteiger partial charge in [-0.15, -0.1) is 0 Å². The van der Waals surface area contributed by atoms with Gasteiger partial charge < -0.3 is 10.1 Å². The fraction of sp³-hybridized carbons (Fsp3) is 0.350. The third kappa shape index (κ3) is 5.47. The van der Waals surface area contributed by atoms with Crippen molar-refractivity contribution in [2.24, 2.45) is 0 Å². The van der Waals surface area contributed by atoms with Crippen molar-refractivity contribution in [1.29, 1.82) is 0 Å². The van der Waals surface area contributed by atoms with Gasteiger partial charge in [0, 0.05) is 12.7 Å². The first-order valence-corrected chi connectivity index (χ1v) is 10.8. The minimum Gasteiger partial charge on any atom is -0.492 e. The summed E-state index contributed by atoms with van der Waals surface area (Å²) in [4.78, 5) is 12.3. The van der Waals surface area contributed by atoms with Gasteiger partial charge in [-0.2, -0.15) is 4.31 Å². The fourth-order valence-corrected chi connectivity index (χ4v) is 3.99. The number of hydrogen-bond donors (Lipinski definition) is 1. The molecule has 28 heavy (non-hydrogen) atoms. The van der Waals surface area contributed by atoms with Crippen LogP contribution in [0.25, 0.3) is 0 Å². The molecule has 2 rings (SSSR count). The molecule has 0 radical (unpaired) electrons. The number of carbonyl (C=O) groups is 1. The molecular formula is C20H25ClN2O4S. The van der Waals surface area contributed by atoms with Gasteiger partial charge in [-0.25, -0.2) is 8.42 Å². The maximum Gasteiger partial charge on any atom is 0.243 e. The molecule has 1 N–H and O–H groups in total. The molecule has 0 heterocycles. The van der Waals surface area contributed by atoms with Gasteiger partial charge >= 0.3 is 0 Å². The Morgan fingerprint density at radius 2 is 1.82 bits per heavy atom. The van der Waals surface area contributed by atoms with Crippen LogP contribution < -0.4 is 10.1 Å². The van der Waals surface area contributed by atoms with E-state index in [1.54, 1.807) is 12.1 Å². The SMILES string of the molecule is CCOc1ccc(S(=O)(=O)N(C)CC(=O)Nc2ccc(C(C)C)cc2)cc1Cl. The molecule has 0 unspecified atom stereocenters. The van der Waals surface area contributed by atoms with Crippen LogP contribution in [0, 0.1) is 0 Å². The summed E-state index contributed by atoms with van der Waals surface area (Å²) >= 11 is 6.08. The van der Waals surface area contributed by atoms with Crippen LogP contribution >= 0.6 is 11.6 Å². The van der Waals surface area contributed by atoms with E-state index in [-0.39, 0.29) is 16.5 Å². The largest absolute Gasteiger partial charge is 0.492 e. The van der Waals surface area contributed by atoms with Gasteiger partial charge in [-0.3, -0.25) is 4.79 Å². The predicted molar refractivity (Wildman–Crippen MR) is 112 cm³/mol. The molecule has 152 valence electrons. The lowest BCUT2D eigenvalue weighted by atomic mass is 10.0. The zero-order valence-electron chi connectivity index (χ0n) is 16.4. The number of ether oxygens (including phenoxy) is 1. The minimum atomic E-state index is -3.87. The Balaban J connectivity index is 2.06. The average molecular weight is 425 g/mol. The molecule has 0 aliphatic rings. The van der Waals surface area contributed by atoms with Gasteiger partial charge in [-0.05, 0) is 48.7 Å². The van der Waals surface area contributed by atoms with Crippen molar-refractivity contribution < 1.29 is 17.9 Å². The molecule has 0 aliphatic heterocycles. The number of halogens is 1. The first kappa shape index (κ1) is 22.2. The Hall–Kier alpha value is -2.09. The number of amides is 1. The number of sulfonamides is 1. The number of hydrogen-bond acceptors (Lipinski definition) is 4. The molecule has 2 aromatic carbocycles. The number of benzene rings is 2. The molecule has 0 fully saturated rings. The molecule has 0 saturated carbocycles. The van der Waals surface area contributed by atoms with Crippen LogP contribution in [0.15, 0.2) is 47.4 Å². The van der Waals surface area contributed by atoms with E-state index < -0.39 is 15.9 Å². The topological polar surface area (TPSA) is 75.7 Å². The van der Waals surface area contributed by atoms with E-state index in [2.05, 4.69) is 19.2 Å². The van der Waals surface area contributed by atoms with E-state index in [0.29, 0.717) is 24.0 Å². The van der Waals surface area contributed by atoms with Gasteiger partial charge in [0.05, 0.1) is 23.1 Å². The van der Waals surface area contributed by atoms with Crippen LogP contribution in [0.3, 0.4) is 0 Å². The van der Waals surface area contributed by atoms with Crippen LogP contribution in [0.4, 0.5) is 5.69 Å². The number of rotatable bonds is 8. The summed E-state index contributed by atoms with van der Waals surface area (Å²) < 4.78 is 31.7. The molecule has 0 aromatic heterocycles. The average Bonchev–Trinajstić information content (AvgIpc) is 2.63. The summed E-state index contributed by atoms with van der Waals surface area (Å²) in [6.07, 6.45) is 0. The molecule has 0 bridgehead atoms. The van der Waals surface area contributed by atoms with E-state index in [0.717, 1.165) is 9.87 Å². The molecular weight excluding hydrogens is 400 g/mol. The summed E-state index contributed by atoms with van der Waals surface area (Å²) in [6, 6.07) is 11.7. The lowest BCUT2D eigenvalue weighted by molar-refractivity contribution is -0.116. The highest BCUT2D eigenvalue weighted by atomic mass is 35.5. The number of nitrogens with zero attached hydrogens (tertiary/aromatic N) is 1. The summed E-state index contributed by atoms with van der Waals surface area (Å²) in [5, 5.41) is 2.91. The van der Waals surface area contributed by atoms with E-state index in [4.69, 9.17) is 16.3 Å². The Morgan fingerprint density at radius 3 is 2.36 bits per heavy atom. The Morgan fingerprint density at radius 1 is 1.18 bits per heavy atom. The maximum atomic E-state index is 12.7. The molecule has 0 aliphatic carbocycles. The van der Waals surface area contributed by atoms with Gasteiger partial charge in [0.1, 0.15) is 5.75 Å². The Kier molecular flexibility index (Phi) is 7.46. The molecule has 0 atom stereocenters. The smallest absolute Gasteiger partial charge is 0.243 e. The number of anilines is 1. The standard InChI is InChI=1S/C20H25ClN2O4S/c1-5-27-19-11-10-17(12-18(19)21)28(25,26)23(4)13-20(24)22-16-8-6-15(7-9-16)14(2)3/h6-12,14H,5,13H2,1-4H3,(H,22,24). The van der Waals surface area contributed by atoms with Crippen molar-refractivity contribution in [2.45, 2.75) is 31.6 Å². The fourth-order valence-electron chi connectivity index (χ4n) is 2.53. The highest BCUT2D eigenvalue weighted by molar-refractivity contribution is 7.89. The van der Waals surface area contributed by atoms with Crippen molar-refractivity contribution in [3.63, 3.8) is 0 Å². The van der Waals surface area contributed by atoms with Gasteiger partial charge in [-0.1, -0.05) is 37.6 Å². The van der Waals surface area contributed by atoms with Crippen molar-refractivity contribution in [1.82, 2.24) is 4.31 Å². The van der Waals surface area contributed by atoms with E-state index in [1.807, 2.05) is 19.1 Å². The number of carbonyl (C=O) groups excluding carboxylic acids is 1. The second-order valence-corrected chi connectivity index (χ2v) is 9.06. The number of nitrogens with one attached hydrogen (secondary N) is 1. The predicted octanol–water partition coefficient (Wildman–Crippen LogP) is 4.12. The number of likely N-dealkylation sites (N-methyl/N-ethyl adjacent to an activating group) is 1. The Bertz CT molecular complexity index is 928. The third-order valence-corrected chi connectivity index (χ3v) is 6.23. The highest BCUT2D eigenvalue weighted by Gasteiger charge is 2.24. The maximum absolute atomic E-state index is 12.7. The van der Waals surface area contributed by atoms with Crippen LogP contribution in [-0.4, -0.2) is 38.8 Å². The highest BCUT2D eigenvalue weighted by Crippen LogP contribution is 2.28. The van der Waals surface area contributed by atoms with E-state index >= 15 is 0 Å². The molecule has 1 amide bonds. The van der Waals surface area contributed by atoms with Crippen LogP contribution in [0.1, 0.15) is 32.3 Å². The molecule has 0 saturated heterocycles. The van der Waals surface area contributed by atoms with E-state index in [9.17, 15) is 13.2 Å². The normalized spacial score (nSPS) is 11.7. The summed E-state index contributed by atoms with van der Waals surface area (Å²) in [7, 11) is -2.52. The zero-order valence-corrected chi connectivity index (χ0v) is 18.0. The Labute approximate surface area is 171 Å². The first-order chi connectivity index (χ1) is 13.1. The summed E-state index contributed by atoms with van der Waals surface area (Å²) in [5.41, 5.74) is 1.77. The van der Waals surface area contributed by atoms with E-state index in [1.165, 1.54) is 25.2 Å². The second kappa shape index (κ2) is 9.41. The molecule has 8 heteroatoms. The lowest BCUT2D eigenvalue weighted by Crippen LogP contribution is -2.35. The molecule has 2 aromatic rings. The van der Waals surface area contributed by atoms with Crippen LogP contribution in [0.5, 0.6) is 5.75 Å². The van der Waals surface area contributed by atoms with Crippen molar-refractivity contribution >= 4 is 33.2 Å². The lowest BCUT2D eigenvalue weighted by Gasteiger charge is -2.18. The summed E-state index contributed by atoms with van der Waals surface area (Å²) in [5.74, 6) is 0.371. The third-order valence-electron chi connectivity index (χ3n) is 4.14. The molecule has 0 spiro atoms. The van der Waals surface area contributed by atoms with Crippen molar-refractivity contribution in [3.8, 4) is 5.75 Å². The first-order valence-electron chi connectivity index (χ1n) is 8.93. The zero-order chi connectivity index (χ0) is 20.9. The summed E-state index contributed by atoms with van der Waals surface area (Å²) in [6.45, 7) is 6.08. The monoisotopic (exact) mass is 424 g/mol. The van der Waals surface area contributed by atoms with Gasteiger partial charge in [0.25, 0.3) is 0 Å². The second-order valence-electron chi connectivity index (χ2n) is 6.61. The molecule has 6 nitrogen and oxygen atoms in total. The van der Waals surface area contributed by atoms with Crippen molar-refractivity contribution in [3.05, 3.63) is 53.1 Å². The van der Waals surface area contributed by atoms with Crippen LogP contribution in [-0.2, 0) is 14.8 Å². The van der Waals surface area contributed by atoms with Crippen molar-refractivity contribution in [2.75, 3.05) is 25.5 Å². The van der Waals surface area contributed by atoms with Gasteiger partial charge in [0.15, 0.2) is 0 Å². The van der Waals surface area contributed by atoms with Crippen LogP contribution in [0.2, 0.25) is 5.02 Å².